The van der Waals surface area contributed by atoms with Crippen LogP contribution in [0.15, 0.2) is 48.5 Å². The first-order valence-corrected chi connectivity index (χ1v) is 6.66. The van der Waals surface area contributed by atoms with E-state index in [9.17, 15) is 10.2 Å². The van der Waals surface area contributed by atoms with Crippen LogP contribution in [0.4, 0.5) is 0 Å². The van der Waals surface area contributed by atoms with Crippen molar-refractivity contribution < 1.29 is 10.2 Å². The molecule has 0 aliphatic heterocycles. The number of fused-ring (bicyclic) bond motifs is 1. The molecule has 0 amide bonds. The fraction of sp³-hybridized carbons (Fsp3) is 0.125. The van der Waals surface area contributed by atoms with Gasteiger partial charge in [-0.05, 0) is 24.3 Å². The number of aromatic nitrogens is 1. The number of aryl methyl sites for hydroxylation is 1. The molecule has 4 heteroatoms. The predicted octanol–water partition coefficient (Wildman–Crippen LogP) is 3.48. The smallest absolute Gasteiger partial charge is 0.179 e. The molecule has 1 heterocycles. The molecular formula is C16H14ClNO2. The van der Waals surface area contributed by atoms with Crippen LogP contribution in [-0.4, -0.2) is 14.8 Å². The van der Waals surface area contributed by atoms with E-state index in [1.54, 1.807) is 12.1 Å². The van der Waals surface area contributed by atoms with Gasteiger partial charge in [0.05, 0.1) is 0 Å². The Morgan fingerprint density at radius 2 is 1.80 bits per heavy atom. The molecule has 3 aromatic rings. The Labute approximate surface area is 121 Å². The molecule has 0 unspecified atom stereocenters. The van der Waals surface area contributed by atoms with Gasteiger partial charge in [0.2, 0.25) is 0 Å². The third-order valence-electron chi connectivity index (χ3n) is 3.52. The lowest BCUT2D eigenvalue weighted by molar-refractivity contribution is -0.0420. The first-order valence-electron chi connectivity index (χ1n) is 6.28. The van der Waals surface area contributed by atoms with Gasteiger partial charge in [-0.1, -0.05) is 35.9 Å². The lowest BCUT2D eigenvalue weighted by Crippen LogP contribution is -2.00. The van der Waals surface area contributed by atoms with E-state index >= 15 is 0 Å². The zero-order valence-corrected chi connectivity index (χ0v) is 11.7. The van der Waals surface area contributed by atoms with E-state index in [1.807, 2.05) is 48.0 Å². The number of halogens is 1. The van der Waals surface area contributed by atoms with E-state index in [4.69, 9.17) is 11.6 Å². The second kappa shape index (κ2) is 4.94. The molecule has 0 radical (unpaired) electrons. The van der Waals surface area contributed by atoms with E-state index in [2.05, 4.69) is 0 Å². The second-order valence-electron chi connectivity index (χ2n) is 4.75. The van der Waals surface area contributed by atoms with E-state index in [0.29, 0.717) is 10.6 Å². The topological polar surface area (TPSA) is 45.4 Å². The highest BCUT2D eigenvalue weighted by Crippen LogP contribution is 2.32. The van der Waals surface area contributed by atoms with Gasteiger partial charge in [0.15, 0.2) is 6.29 Å². The zero-order valence-electron chi connectivity index (χ0n) is 10.9. The van der Waals surface area contributed by atoms with E-state index in [-0.39, 0.29) is 0 Å². The minimum Gasteiger partial charge on any atom is -0.364 e. The molecule has 2 N–H and O–H groups in total. The summed E-state index contributed by atoms with van der Waals surface area (Å²) in [5.74, 6) is 0. The summed E-state index contributed by atoms with van der Waals surface area (Å²) in [5, 5.41) is 20.7. The highest BCUT2D eigenvalue weighted by atomic mass is 35.5. The minimum absolute atomic E-state index is 0.490. The number of hydrogen-bond donors (Lipinski definition) is 2. The SMILES string of the molecule is Cn1c(-c2ccccc2C(O)O)cc2cc(Cl)ccc21. The number of aliphatic hydroxyl groups excluding tert-OH is 1. The minimum atomic E-state index is -1.49. The quantitative estimate of drug-likeness (QED) is 0.709. The second-order valence-corrected chi connectivity index (χ2v) is 5.19. The van der Waals surface area contributed by atoms with Gasteiger partial charge >= 0.3 is 0 Å². The van der Waals surface area contributed by atoms with E-state index < -0.39 is 6.29 Å². The molecule has 2 aromatic carbocycles. The fourth-order valence-corrected chi connectivity index (χ4v) is 2.71. The Morgan fingerprint density at radius 3 is 2.55 bits per heavy atom. The third-order valence-corrected chi connectivity index (χ3v) is 3.75. The standard InChI is InChI=1S/C16H14ClNO2/c1-18-14-7-6-11(17)8-10(14)9-15(18)12-4-2-3-5-13(12)16(19)20/h2-9,16,19-20H,1H3. The predicted molar refractivity (Wildman–Crippen MR) is 80.5 cm³/mol. The monoisotopic (exact) mass is 287 g/mol. The van der Waals surface area contributed by atoms with Crippen molar-refractivity contribution in [3.05, 3.63) is 59.1 Å². The van der Waals surface area contributed by atoms with Crippen LogP contribution in [0, 0.1) is 0 Å². The van der Waals surface area contributed by atoms with Gasteiger partial charge < -0.3 is 14.8 Å². The van der Waals surface area contributed by atoms with Crippen molar-refractivity contribution in [2.24, 2.45) is 7.05 Å². The largest absolute Gasteiger partial charge is 0.364 e. The van der Waals surface area contributed by atoms with Gasteiger partial charge in [-0.15, -0.1) is 0 Å². The van der Waals surface area contributed by atoms with Crippen LogP contribution >= 0.6 is 11.6 Å². The van der Waals surface area contributed by atoms with Crippen molar-refractivity contribution in [3.63, 3.8) is 0 Å². The van der Waals surface area contributed by atoms with Crippen LogP contribution < -0.4 is 0 Å². The van der Waals surface area contributed by atoms with Gasteiger partial charge in [0.25, 0.3) is 0 Å². The molecule has 0 atom stereocenters. The first kappa shape index (κ1) is 13.2. The summed E-state index contributed by atoms with van der Waals surface area (Å²) < 4.78 is 2.02. The number of nitrogens with zero attached hydrogens (tertiary/aromatic N) is 1. The van der Waals surface area contributed by atoms with Crippen molar-refractivity contribution in [3.8, 4) is 11.3 Å². The Bertz CT molecular complexity index is 777. The van der Waals surface area contributed by atoms with Crippen molar-refractivity contribution in [2.45, 2.75) is 6.29 Å². The molecule has 0 spiro atoms. The number of aliphatic hydroxyl groups is 2. The number of hydrogen-bond acceptors (Lipinski definition) is 2. The maximum absolute atomic E-state index is 9.50. The van der Waals surface area contributed by atoms with Crippen LogP contribution in [0.1, 0.15) is 11.9 Å². The Balaban J connectivity index is 2.27. The molecule has 0 saturated heterocycles. The summed E-state index contributed by atoms with van der Waals surface area (Å²) in [6, 6.07) is 15.0. The van der Waals surface area contributed by atoms with Crippen molar-refractivity contribution in [1.29, 1.82) is 0 Å². The Hall–Kier alpha value is -1.81. The molecule has 0 aliphatic carbocycles. The van der Waals surface area contributed by atoms with Gasteiger partial charge in [-0.25, -0.2) is 0 Å². The van der Waals surface area contributed by atoms with Crippen molar-refractivity contribution in [2.75, 3.05) is 0 Å². The van der Waals surface area contributed by atoms with Gasteiger partial charge in [-0.3, -0.25) is 0 Å². The Morgan fingerprint density at radius 1 is 1.05 bits per heavy atom. The number of rotatable bonds is 2. The Kier molecular flexibility index (Phi) is 3.26. The van der Waals surface area contributed by atoms with Crippen molar-refractivity contribution in [1.82, 2.24) is 4.57 Å². The molecule has 3 rings (SSSR count). The van der Waals surface area contributed by atoms with Crippen LogP contribution in [0.3, 0.4) is 0 Å². The average molecular weight is 288 g/mol. The lowest BCUT2D eigenvalue weighted by atomic mass is 10.0. The molecule has 0 fully saturated rings. The lowest BCUT2D eigenvalue weighted by Gasteiger charge is -2.12. The zero-order chi connectivity index (χ0) is 14.3. The molecule has 20 heavy (non-hydrogen) atoms. The highest BCUT2D eigenvalue weighted by molar-refractivity contribution is 6.31. The molecule has 1 aromatic heterocycles. The summed E-state index contributed by atoms with van der Waals surface area (Å²) in [7, 11) is 1.95. The molecule has 102 valence electrons. The summed E-state index contributed by atoms with van der Waals surface area (Å²) >= 11 is 6.02. The van der Waals surface area contributed by atoms with Crippen LogP contribution in [0.25, 0.3) is 22.2 Å². The summed E-state index contributed by atoms with van der Waals surface area (Å²) in [4.78, 5) is 0. The normalized spacial score (nSPS) is 11.4. The molecule has 3 nitrogen and oxygen atoms in total. The molecule has 0 saturated carbocycles. The summed E-state index contributed by atoms with van der Waals surface area (Å²) in [5.41, 5.74) is 3.26. The average Bonchev–Trinajstić information content (AvgIpc) is 2.75. The van der Waals surface area contributed by atoms with E-state index in [1.165, 1.54) is 0 Å². The van der Waals surface area contributed by atoms with Crippen molar-refractivity contribution >= 4 is 22.5 Å². The molecule has 0 bridgehead atoms. The van der Waals surface area contributed by atoms with Gasteiger partial charge in [0.1, 0.15) is 0 Å². The van der Waals surface area contributed by atoms with Crippen LogP contribution in [0.5, 0.6) is 0 Å². The van der Waals surface area contributed by atoms with E-state index in [0.717, 1.165) is 22.2 Å². The molecular weight excluding hydrogens is 274 g/mol. The van der Waals surface area contributed by atoms with Crippen LogP contribution in [0.2, 0.25) is 5.02 Å². The maximum atomic E-state index is 9.50. The third kappa shape index (κ3) is 2.10. The summed E-state index contributed by atoms with van der Waals surface area (Å²) in [6.45, 7) is 0. The maximum Gasteiger partial charge on any atom is 0.179 e. The summed E-state index contributed by atoms with van der Waals surface area (Å²) in [6.07, 6.45) is -1.49. The van der Waals surface area contributed by atoms with Gasteiger partial charge in [-0.2, -0.15) is 0 Å². The molecule has 0 aliphatic rings. The van der Waals surface area contributed by atoms with Crippen LogP contribution in [-0.2, 0) is 7.05 Å². The fourth-order valence-electron chi connectivity index (χ4n) is 2.53. The number of benzene rings is 2. The highest BCUT2D eigenvalue weighted by Gasteiger charge is 2.14. The first-order chi connectivity index (χ1) is 9.58. The van der Waals surface area contributed by atoms with Gasteiger partial charge in [0, 0.05) is 39.8 Å².